The molecule has 0 spiro atoms. The van der Waals surface area contributed by atoms with Crippen molar-refractivity contribution in [2.75, 3.05) is 19.0 Å². The van der Waals surface area contributed by atoms with Crippen molar-refractivity contribution in [3.05, 3.63) is 16.0 Å². The summed E-state index contributed by atoms with van der Waals surface area (Å²) in [5.41, 5.74) is 1.87. The van der Waals surface area contributed by atoms with Crippen LogP contribution in [0.1, 0.15) is 91.9 Å². The molecular weight excluding hydrogens is 376 g/mol. The van der Waals surface area contributed by atoms with Gasteiger partial charge in [-0.2, -0.15) is 0 Å². The molecule has 0 saturated heterocycles. The molecule has 0 aliphatic heterocycles. The molecule has 0 unspecified atom stereocenters. The van der Waals surface area contributed by atoms with Gasteiger partial charge in [0.05, 0.1) is 12.7 Å². The van der Waals surface area contributed by atoms with E-state index in [1.807, 2.05) is 0 Å². The highest BCUT2D eigenvalue weighted by Crippen LogP contribution is 2.37. The summed E-state index contributed by atoms with van der Waals surface area (Å²) in [7, 11) is 1.45. The number of unbranched alkanes of at least 4 members (excludes halogenated alkanes) is 5. The second-order valence-corrected chi connectivity index (χ2v) is 8.78. The standard InChI is InChI=1S/C21H34N2O2S2/c1-3-4-5-6-9-12-15-22-21(26)23-19-18(20(24)25-2)16-13-10-7-8-11-14-17(16)27-19/h3-15H2,1-2H3,(H2,22,23,26). The molecule has 1 aliphatic carbocycles. The van der Waals surface area contributed by atoms with Gasteiger partial charge in [0.25, 0.3) is 0 Å². The van der Waals surface area contributed by atoms with Gasteiger partial charge in [-0.25, -0.2) is 4.79 Å². The van der Waals surface area contributed by atoms with Gasteiger partial charge in [0.15, 0.2) is 5.11 Å². The highest BCUT2D eigenvalue weighted by molar-refractivity contribution is 7.80. The third-order valence-corrected chi connectivity index (χ3v) is 6.56. The maximum atomic E-state index is 12.4. The Bertz CT molecular complexity index is 614. The molecule has 0 radical (unpaired) electrons. The third-order valence-electron chi connectivity index (χ3n) is 5.10. The lowest BCUT2D eigenvalue weighted by atomic mass is 9.96. The molecule has 2 N–H and O–H groups in total. The van der Waals surface area contributed by atoms with Crippen molar-refractivity contribution < 1.29 is 9.53 Å². The summed E-state index contributed by atoms with van der Waals surface area (Å²) >= 11 is 7.13. The van der Waals surface area contributed by atoms with Crippen LogP contribution < -0.4 is 10.6 Å². The lowest BCUT2D eigenvalue weighted by Gasteiger charge is -2.12. The first-order valence-corrected chi connectivity index (χ1v) is 11.7. The van der Waals surface area contributed by atoms with Crippen LogP contribution in [0.3, 0.4) is 0 Å². The fraction of sp³-hybridized carbons (Fsp3) is 0.714. The number of hydrogen-bond donors (Lipinski definition) is 2. The Morgan fingerprint density at radius 2 is 1.78 bits per heavy atom. The van der Waals surface area contributed by atoms with Gasteiger partial charge in [-0.3, -0.25) is 0 Å². The number of carbonyl (C=O) groups is 1. The Kier molecular flexibility index (Phi) is 10.1. The van der Waals surface area contributed by atoms with Crippen molar-refractivity contribution in [3.63, 3.8) is 0 Å². The lowest BCUT2D eigenvalue weighted by Crippen LogP contribution is -2.29. The lowest BCUT2D eigenvalue weighted by molar-refractivity contribution is 0.0601. The minimum Gasteiger partial charge on any atom is -0.465 e. The van der Waals surface area contributed by atoms with E-state index >= 15 is 0 Å². The molecule has 0 amide bonds. The van der Waals surface area contributed by atoms with Crippen molar-refractivity contribution >= 4 is 39.6 Å². The number of fused-ring (bicyclic) bond motifs is 1. The van der Waals surface area contributed by atoms with Gasteiger partial charge in [0.1, 0.15) is 5.00 Å². The molecule has 1 aromatic heterocycles. The number of anilines is 1. The number of esters is 1. The molecule has 1 heterocycles. The van der Waals surface area contributed by atoms with Gasteiger partial charge in [-0.15, -0.1) is 11.3 Å². The number of nitrogens with one attached hydrogen (secondary N) is 2. The topological polar surface area (TPSA) is 50.4 Å². The average molecular weight is 411 g/mol. The number of carbonyl (C=O) groups excluding carboxylic acids is 1. The number of rotatable bonds is 9. The molecule has 6 heteroatoms. The summed E-state index contributed by atoms with van der Waals surface area (Å²) in [4.78, 5) is 13.7. The van der Waals surface area contributed by atoms with Gasteiger partial charge in [0, 0.05) is 11.4 Å². The van der Waals surface area contributed by atoms with Crippen LogP contribution >= 0.6 is 23.6 Å². The van der Waals surface area contributed by atoms with Gasteiger partial charge >= 0.3 is 5.97 Å². The fourth-order valence-corrected chi connectivity index (χ4v) is 5.13. The molecule has 0 fully saturated rings. The minimum absolute atomic E-state index is 0.255. The Morgan fingerprint density at radius 3 is 2.52 bits per heavy atom. The maximum Gasteiger partial charge on any atom is 0.341 e. The first-order chi connectivity index (χ1) is 13.2. The zero-order chi connectivity index (χ0) is 19.5. The normalized spacial score (nSPS) is 14.0. The van der Waals surface area contributed by atoms with E-state index in [9.17, 15) is 4.79 Å². The SMILES string of the molecule is CCCCCCCCNC(=S)Nc1sc2c(c1C(=O)OC)CCCCCC2. The van der Waals surface area contributed by atoms with Crippen molar-refractivity contribution in [1.29, 1.82) is 0 Å². The highest BCUT2D eigenvalue weighted by Gasteiger charge is 2.25. The summed E-state index contributed by atoms with van der Waals surface area (Å²) in [6.07, 6.45) is 14.4. The second-order valence-electron chi connectivity index (χ2n) is 7.26. The number of thiophene rings is 1. The van der Waals surface area contributed by atoms with Crippen molar-refractivity contribution in [2.45, 2.75) is 84.0 Å². The van der Waals surface area contributed by atoms with Gasteiger partial charge in [-0.1, -0.05) is 51.9 Å². The smallest absolute Gasteiger partial charge is 0.341 e. The van der Waals surface area contributed by atoms with E-state index in [1.165, 1.54) is 68.9 Å². The molecule has 27 heavy (non-hydrogen) atoms. The molecule has 152 valence electrons. The third kappa shape index (κ3) is 7.07. The van der Waals surface area contributed by atoms with E-state index in [2.05, 4.69) is 17.6 Å². The molecule has 0 bridgehead atoms. The first kappa shape index (κ1) is 22.2. The fourth-order valence-electron chi connectivity index (χ4n) is 3.58. The summed E-state index contributed by atoms with van der Waals surface area (Å²) in [6.45, 7) is 3.11. The number of methoxy groups -OCH3 is 1. The van der Waals surface area contributed by atoms with E-state index in [0.717, 1.165) is 37.2 Å². The molecule has 0 saturated carbocycles. The van der Waals surface area contributed by atoms with Crippen LogP contribution in [0.2, 0.25) is 0 Å². The van der Waals surface area contributed by atoms with Gasteiger partial charge in [0.2, 0.25) is 0 Å². The maximum absolute atomic E-state index is 12.4. The molecule has 2 rings (SSSR count). The largest absolute Gasteiger partial charge is 0.465 e. The molecule has 0 atom stereocenters. The van der Waals surface area contributed by atoms with Crippen LogP contribution in [-0.2, 0) is 17.6 Å². The molecule has 4 nitrogen and oxygen atoms in total. The monoisotopic (exact) mass is 410 g/mol. The van der Waals surface area contributed by atoms with Crippen molar-refractivity contribution in [1.82, 2.24) is 5.32 Å². The van der Waals surface area contributed by atoms with E-state index in [4.69, 9.17) is 17.0 Å². The minimum atomic E-state index is -0.255. The average Bonchev–Trinajstić information content (AvgIpc) is 2.96. The number of hydrogen-bond acceptors (Lipinski definition) is 4. The van der Waals surface area contributed by atoms with Gasteiger partial charge in [-0.05, 0) is 49.9 Å². The van der Waals surface area contributed by atoms with Crippen LogP contribution in [0.15, 0.2) is 0 Å². The zero-order valence-electron chi connectivity index (χ0n) is 16.8. The second kappa shape index (κ2) is 12.3. The Morgan fingerprint density at radius 1 is 1.07 bits per heavy atom. The number of ether oxygens (including phenoxy) is 1. The predicted molar refractivity (Wildman–Crippen MR) is 119 cm³/mol. The predicted octanol–water partition coefficient (Wildman–Crippen LogP) is 5.84. The summed E-state index contributed by atoms with van der Waals surface area (Å²) < 4.78 is 5.06. The van der Waals surface area contributed by atoms with E-state index in [0.29, 0.717) is 10.7 Å². The Labute approximate surface area is 173 Å². The van der Waals surface area contributed by atoms with Crippen molar-refractivity contribution in [2.24, 2.45) is 0 Å². The molecule has 0 aromatic carbocycles. The molecule has 1 aromatic rings. The number of aryl methyl sites for hydroxylation is 1. The molecule has 1 aliphatic rings. The van der Waals surface area contributed by atoms with E-state index in [-0.39, 0.29) is 5.97 Å². The molecular formula is C21H34N2O2S2. The van der Waals surface area contributed by atoms with Crippen LogP contribution in [0.4, 0.5) is 5.00 Å². The van der Waals surface area contributed by atoms with Gasteiger partial charge < -0.3 is 15.4 Å². The van der Waals surface area contributed by atoms with Crippen LogP contribution in [-0.4, -0.2) is 24.7 Å². The van der Waals surface area contributed by atoms with E-state index < -0.39 is 0 Å². The van der Waals surface area contributed by atoms with E-state index in [1.54, 1.807) is 11.3 Å². The quantitative estimate of drug-likeness (QED) is 0.304. The van der Waals surface area contributed by atoms with Crippen LogP contribution in [0.25, 0.3) is 0 Å². The zero-order valence-corrected chi connectivity index (χ0v) is 18.5. The Hall–Kier alpha value is -1.14. The van der Waals surface area contributed by atoms with Crippen molar-refractivity contribution in [3.8, 4) is 0 Å². The summed E-state index contributed by atoms with van der Waals surface area (Å²) in [6, 6.07) is 0. The summed E-state index contributed by atoms with van der Waals surface area (Å²) in [5, 5.41) is 8.00. The Balaban J connectivity index is 1.93. The highest BCUT2D eigenvalue weighted by atomic mass is 32.1. The van der Waals surface area contributed by atoms with Crippen LogP contribution in [0, 0.1) is 0 Å². The summed E-state index contributed by atoms with van der Waals surface area (Å²) in [5.74, 6) is -0.255. The number of thiocarbonyl (C=S) groups is 1. The first-order valence-electron chi connectivity index (χ1n) is 10.4. The van der Waals surface area contributed by atoms with Crippen LogP contribution in [0.5, 0.6) is 0 Å².